The molecule has 0 bridgehead atoms. The van der Waals surface area contributed by atoms with E-state index < -0.39 is 6.03 Å². The first kappa shape index (κ1) is 18.9. The summed E-state index contributed by atoms with van der Waals surface area (Å²) in [5.74, 6) is -0.310. The topological polar surface area (TPSA) is 81.8 Å². The normalized spacial score (nSPS) is 14.9. The number of amides is 4. The summed E-state index contributed by atoms with van der Waals surface area (Å²) in [5.41, 5.74) is 1.90. The number of piperazine rings is 1. The van der Waals surface area contributed by atoms with Crippen molar-refractivity contribution in [3.8, 4) is 0 Å². The number of nitrogens with one attached hydrogen (secondary N) is 2. The standard InChI is InChI=1S/C18H26N4O3/c1-3-14-5-7-15(8-6-14)17(24)22-11-9-21(10-12-22)13-16(23)20-18(25)19-4-2/h5-8H,3-4,9-13H2,1-2H3,(H2,19,20,23,25). The van der Waals surface area contributed by atoms with Gasteiger partial charge < -0.3 is 10.2 Å². The Bertz CT molecular complexity index is 607. The van der Waals surface area contributed by atoms with Gasteiger partial charge in [-0.2, -0.15) is 0 Å². The molecule has 0 spiro atoms. The molecule has 4 amide bonds. The van der Waals surface area contributed by atoms with Crippen LogP contribution in [0.2, 0.25) is 0 Å². The van der Waals surface area contributed by atoms with Crippen molar-refractivity contribution in [1.29, 1.82) is 0 Å². The Labute approximate surface area is 148 Å². The van der Waals surface area contributed by atoms with Gasteiger partial charge in [-0.15, -0.1) is 0 Å². The van der Waals surface area contributed by atoms with Gasteiger partial charge in [0.1, 0.15) is 0 Å². The molecule has 7 heteroatoms. The number of hydrogen-bond donors (Lipinski definition) is 2. The molecule has 0 radical (unpaired) electrons. The van der Waals surface area contributed by atoms with Gasteiger partial charge in [0.15, 0.2) is 0 Å². The number of nitrogens with zero attached hydrogens (tertiary/aromatic N) is 2. The molecule has 2 rings (SSSR count). The number of carbonyl (C=O) groups excluding carboxylic acids is 3. The molecule has 1 fully saturated rings. The second-order valence-corrected chi connectivity index (χ2v) is 6.03. The molecule has 1 aromatic carbocycles. The lowest BCUT2D eigenvalue weighted by atomic mass is 10.1. The highest BCUT2D eigenvalue weighted by Gasteiger charge is 2.23. The van der Waals surface area contributed by atoms with E-state index in [4.69, 9.17) is 0 Å². The van der Waals surface area contributed by atoms with Gasteiger partial charge >= 0.3 is 6.03 Å². The summed E-state index contributed by atoms with van der Waals surface area (Å²) in [6, 6.07) is 7.22. The van der Waals surface area contributed by atoms with E-state index in [9.17, 15) is 14.4 Å². The molecule has 2 N–H and O–H groups in total. The molecule has 7 nitrogen and oxygen atoms in total. The van der Waals surface area contributed by atoms with Crippen molar-refractivity contribution in [2.75, 3.05) is 39.3 Å². The highest BCUT2D eigenvalue weighted by molar-refractivity contribution is 5.95. The number of imide groups is 1. The highest BCUT2D eigenvalue weighted by atomic mass is 16.2. The number of hydrogen-bond acceptors (Lipinski definition) is 4. The molecule has 25 heavy (non-hydrogen) atoms. The van der Waals surface area contributed by atoms with Crippen LogP contribution in [-0.4, -0.2) is 66.9 Å². The van der Waals surface area contributed by atoms with Crippen LogP contribution in [0, 0.1) is 0 Å². The maximum atomic E-state index is 12.5. The van der Waals surface area contributed by atoms with Crippen molar-refractivity contribution in [3.63, 3.8) is 0 Å². The molecular formula is C18H26N4O3. The molecule has 1 aliphatic rings. The van der Waals surface area contributed by atoms with Crippen molar-refractivity contribution >= 4 is 17.8 Å². The van der Waals surface area contributed by atoms with Crippen molar-refractivity contribution < 1.29 is 14.4 Å². The summed E-state index contributed by atoms with van der Waals surface area (Å²) in [5, 5.41) is 4.81. The third-order valence-electron chi connectivity index (χ3n) is 4.23. The summed E-state index contributed by atoms with van der Waals surface area (Å²) in [6.45, 7) is 6.87. The molecule has 1 saturated heterocycles. The number of rotatable bonds is 5. The second kappa shape index (κ2) is 9.17. The number of urea groups is 1. The van der Waals surface area contributed by atoms with Gasteiger partial charge in [-0.05, 0) is 31.0 Å². The lowest BCUT2D eigenvalue weighted by molar-refractivity contribution is -0.121. The molecule has 0 saturated carbocycles. The number of benzene rings is 1. The third-order valence-corrected chi connectivity index (χ3v) is 4.23. The number of carbonyl (C=O) groups is 3. The van der Waals surface area contributed by atoms with Crippen LogP contribution in [0.15, 0.2) is 24.3 Å². The average Bonchev–Trinajstić information content (AvgIpc) is 2.62. The fraction of sp³-hybridized carbons (Fsp3) is 0.500. The fourth-order valence-corrected chi connectivity index (χ4v) is 2.75. The largest absolute Gasteiger partial charge is 0.338 e. The predicted octanol–water partition coefficient (Wildman–Crippen LogP) is 0.853. The molecule has 1 aliphatic heterocycles. The average molecular weight is 346 g/mol. The van der Waals surface area contributed by atoms with E-state index in [1.165, 1.54) is 5.56 Å². The minimum absolute atomic E-state index is 0.0223. The van der Waals surface area contributed by atoms with E-state index in [-0.39, 0.29) is 18.4 Å². The minimum Gasteiger partial charge on any atom is -0.338 e. The molecule has 0 aliphatic carbocycles. The van der Waals surface area contributed by atoms with Crippen molar-refractivity contribution in [3.05, 3.63) is 35.4 Å². The van der Waals surface area contributed by atoms with Crippen LogP contribution < -0.4 is 10.6 Å². The lowest BCUT2D eigenvalue weighted by Crippen LogP contribution is -2.52. The first-order valence-electron chi connectivity index (χ1n) is 8.71. The summed E-state index contributed by atoms with van der Waals surface area (Å²) in [4.78, 5) is 39.4. The predicted molar refractivity (Wildman–Crippen MR) is 95.4 cm³/mol. The first-order chi connectivity index (χ1) is 12.0. The number of aryl methyl sites for hydroxylation is 1. The molecule has 0 atom stereocenters. The van der Waals surface area contributed by atoms with E-state index in [2.05, 4.69) is 17.6 Å². The zero-order chi connectivity index (χ0) is 18.2. The van der Waals surface area contributed by atoms with Gasteiger partial charge in [0.25, 0.3) is 5.91 Å². The molecule has 0 aromatic heterocycles. The Morgan fingerprint density at radius 3 is 2.20 bits per heavy atom. The Hall–Kier alpha value is -2.41. The zero-order valence-corrected chi connectivity index (χ0v) is 14.9. The van der Waals surface area contributed by atoms with Crippen LogP contribution >= 0.6 is 0 Å². The molecule has 1 aromatic rings. The maximum Gasteiger partial charge on any atom is 0.321 e. The van der Waals surface area contributed by atoms with Gasteiger partial charge in [0, 0.05) is 38.3 Å². The summed E-state index contributed by atoms with van der Waals surface area (Å²) < 4.78 is 0. The summed E-state index contributed by atoms with van der Waals surface area (Å²) >= 11 is 0. The van der Waals surface area contributed by atoms with E-state index in [0.29, 0.717) is 38.3 Å². The van der Waals surface area contributed by atoms with Crippen LogP contribution in [0.25, 0.3) is 0 Å². The molecule has 1 heterocycles. The van der Waals surface area contributed by atoms with E-state index in [1.807, 2.05) is 29.2 Å². The monoisotopic (exact) mass is 346 g/mol. The molecule has 136 valence electrons. The highest BCUT2D eigenvalue weighted by Crippen LogP contribution is 2.10. The quantitative estimate of drug-likeness (QED) is 0.828. The lowest BCUT2D eigenvalue weighted by Gasteiger charge is -2.34. The van der Waals surface area contributed by atoms with Gasteiger partial charge in [0.2, 0.25) is 5.91 Å². The van der Waals surface area contributed by atoms with E-state index in [0.717, 1.165) is 6.42 Å². The van der Waals surface area contributed by atoms with Gasteiger partial charge in [-0.25, -0.2) is 4.79 Å². The van der Waals surface area contributed by atoms with Crippen molar-refractivity contribution in [2.24, 2.45) is 0 Å². The van der Waals surface area contributed by atoms with E-state index in [1.54, 1.807) is 11.8 Å². The second-order valence-electron chi connectivity index (χ2n) is 6.03. The first-order valence-corrected chi connectivity index (χ1v) is 8.71. The Morgan fingerprint density at radius 2 is 1.64 bits per heavy atom. The minimum atomic E-state index is -0.475. The van der Waals surface area contributed by atoms with E-state index >= 15 is 0 Å². The SMILES string of the molecule is CCNC(=O)NC(=O)CN1CCN(C(=O)c2ccc(CC)cc2)CC1. The maximum absolute atomic E-state index is 12.5. The van der Waals surface area contributed by atoms with Crippen molar-refractivity contribution in [1.82, 2.24) is 20.4 Å². The van der Waals surface area contributed by atoms with Gasteiger partial charge in [-0.3, -0.25) is 19.8 Å². The Balaban J connectivity index is 1.79. The van der Waals surface area contributed by atoms with Gasteiger partial charge in [0.05, 0.1) is 6.54 Å². The van der Waals surface area contributed by atoms with Crippen LogP contribution in [0.4, 0.5) is 4.79 Å². The summed E-state index contributed by atoms with van der Waals surface area (Å²) in [6.07, 6.45) is 0.950. The Morgan fingerprint density at radius 1 is 1.00 bits per heavy atom. The summed E-state index contributed by atoms with van der Waals surface area (Å²) in [7, 11) is 0. The van der Waals surface area contributed by atoms with Crippen LogP contribution in [-0.2, 0) is 11.2 Å². The smallest absolute Gasteiger partial charge is 0.321 e. The van der Waals surface area contributed by atoms with Gasteiger partial charge in [-0.1, -0.05) is 19.1 Å². The van der Waals surface area contributed by atoms with Crippen LogP contribution in [0.1, 0.15) is 29.8 Å². The Kier molecular flexibility index (Phi) is 6.94. The van der Waals surface area contributed by atoms with Crippen LogP contribution in [0.5, 0.6) is 0 Å². The third kappa shape index (κ3) is 5.56. The zero-order valence-electron chi connectivity index (χ0n) is 14.9. The molecule has 0 unspecified atom stereocenters. The van der Waals surface area contributed by atoms with Crippen LogP contribution in [0.3, 0.4) is 0 Å². The van der Waals surface area contributed by atoms with Crippen molar-refractivity contribution in [2.45, 2.75) is 20.3 Å². The fourth-order valence-electron chi connectivity index (χ4n) is 2.75. The molecular weight excluding hydrogens is 320 g/mol.